The number of hydrogen-bond donors (Lipinski definition) is 1. The van der Waals surface area contributed by atoms with Crippen LogP contribution in [0.15, 0.2) is 30.3 Å². The molecule has 0 unspecified atom stereocenters. The third-order valence-corrected chi connectivity index (χ3v) is 4.07. The number of amides is 2. The summed E-state index contributed by atoms with van der Waals surface area (Å²) in [5, 5.41) is 2.99. The molecule has 0 aliphatic carbocycles. The summed E-state index contributed by atoms with van der Waals surface area (Å²) >= 11 is 0. The van der Waals surface area contributed by atoms with E-state index in [2.05, 4.69) is 34.5 Å². The van der Waals surface area contributed by atoms with Crippen LogP contribution < -0.4 is 5.32 Å². The fraction of sp³-hybridized carbons (Fsp3) is 0.611. The molecule has 0 spiro atoms. The van der Waals surface area contributed by atoms with E-state index >= 15 is 0 Å². The first-order valence-electron chi connectivity index (χ1n) is 8.66. The smallest absolute Gasteiger partial charge is 0.317 e. The van der Waals surface area contributed by atoms with Crippen LogP contribution in [0.2, 0.25) is 0 Å². The van der Waals surface area contributed by atoms with Crippen molar-refractivity contribution in [1.29, 1.82) is 0 Å². The quantitative estimate of drug-likeness (QED) is 0.785. The van der Waals surface area contributed by atoms with Gasteiger partial charge in [0, 0.05) is 52.5 Å². The van der Waals surface area contributed by atoms with Crippen LogP contribution in [0.4, 0.5) is 4.79 Å². The van der Waals surface area contributed by atoms with E-state index in [-0.39, 0.29) is 6.03 Å². The second-order valence-electron chi connectivity index (χ2n) is 5.88. The molecule has 1 aromatic carbocycles. The first-order chi connectivity index (χ1) is 11.3. The molecule has 23 heavy (non-hydrogen) atoms. The Hall–Kier alpha value is -1.59. The minimum atomic E-state index is 0.0584. The summed E-state index contributed by atoms with van der Waals surface area (Å²) in [6, 6.07) is 10.6. The zero-order chi connectivity index (χ0) is 16.3. The van der Waals surface area contributed by atoms with Crippen molar-refractivity contribution in [2.24, 2.45) is 0 Å². The molecule has 1 aliphatic rings. The Kier molecular flexibility index (Phi) is 7.90. The highest BCUT2D eigenvalue weighted by molar-refractivity contribution is 5.74. The number of hydrogen-bond acceptors (Lipinski definition) is 3. The van der Waals surface area contributed by atoms with Gasteiger partial charge in [-0.05, 0) is 25.3 Å². The number of nitrogens with one attached hydrogen (secondary N) is 1. The van der Waals surface area contributed by atoms with Crippen molar-refractivity contribution in [3.63, 3.8) is 0 Å². The van der Waals surface area contributed by atoms with Crippen LogP contribution in [0.3, 0.4) is 0 Å². The van der Waals surface area contributed by atoms with Gasteiger partial charge in [-0.1, -0.05) is 30.3 Å². The number of benzene rings is 1. The van der Waals surface area contributed by atoms with Gasteiger partial charge in [-0.25, -0.2) is 4.79 Å². The van der Waals surface area contributed by atoms with E-state index in [0.29, 0.717) is 13.2 Å². The predicted octanol–water partition coefficient (Wildman–Crippen LogP) is 2.33. The van der Waals surface area contributed by atoms with Crippen LogP contribution in [0.5, 0.6) is 0 Å². The largest absolute Gasteiger partial charge is 0.382 e. The maximum absolute atomic E-state index is 12.2. The van der Waals surface area contributed by atoms with Crippen LogP contribution in [-0.4, -0.2) is 61.8 Å². The lowest BCUT2D eigenvalue weighted by Crippen LogP contribution is -2.42. The highest BCUT2D eigenvalue weighted by Crippen LogP contribution is 2.09. The van der Waals surface area contributed by atoms with Crippen LogP contribution in [0.1, 0.15) is 25.3 Å². The molecule has 0 atom stereocenters. The summed E-state index contributed by atoms with van der Waals surface area (Å²) in [6.45, 7) is 8.68. The average Bonchev–Trinajstić information content (AvgIpc) is 2.81. The number of carbonyl (C=O) groups excluding carboxylic acids is 1. The van der Waals surface area contributed by atoms with Gasteiger partial charge in [-0.3, -0.25) is 4.90 Å². The van der Waals surface area contributed by atoms with E-state index in [1.807, 2.05) is 17.9 Å². The maximum Gasteiger partial charge on any atom is 0.317 e. The molecule has 0 bridgehead atoms. The second kappa shape index (κ2) is 10.2. The van der Waals surface area contributed by atoms with E-state index in [9.17, 15) is 4.79 Å². The monoisotopic (exact) mass is 319 g/mol. The Bertz CT molecular complexity index is 453. The lowest BCUT2D eigenvalue weighted by atomic mass is 10.2. The second-order valence-corrected chi connectivity index (χ2v) is 5.88. The molecule has 1 aliphatic heterocycles. The topological polar surface area (TPSA) is 44.8 Å². The molecule has 2 rings (SSSR count). The molecule has 1 heterocycles. The maximum atomic E-state index is 12.2. The van der Waals surface area contributed by atoms with Crippen LogP contribution in [0, 0.1) is 0 Å². The van der Waals surface area contributed by atoms with Crippen molar-refractivity contribution in [1.82, 2.24) is 15.1 Å². The molecular weight excluding hydrogens is 290 g/mol. The molecule has 0 saturated carbocycles. The minimum Gasteiger partial charge on any atom is -0.382 e. The highest BCUT2D eigenvalue weighted by Gasteiger charge is 2.18. The summed E-state index contributed by atoms with van der Waals surface area (Å²) in [5.41, 5.74) is 1.33. The lowest BCUT2D eigenvalue weighted by molar-refractivity contribution is 0.144. The van der Waals surface area contributed by atoms with E-state index in [1.54, 1.807) is 0 Å². The Morgan fingerprint density at radius 2 is 2.00 bits per heavy atom. The molecule has 0 aromatic heterocycles. The fourth-order valence-corrected chi connectivity index (χ4v) is 2.80. The Labute approximate surface area is 139 Å². The van der Waals surface area contributed by atoms with E-state index < -0.39 is 0 Å². The molecular formula is C18H29N3O2. The predicted molar refractivity (Wildman–Crippen MR) is 92.4 cm³/mol. The number of nitrogens with zero attached hydrogens (tertiary/aromatic N) is 2. The summed E-state index contributed by atoms with van der Waals surface area (Å²) in [4.78, 5) is 16.6. The Morgan fingerprint density at radius 3 is 2.78 bits per heavy atom. The lowest BCUT2D eigenvalue weighted by Gasteiger charge is -2.22. The molecule has 5 nitrogen and oxygen atoms in total. The third-order valence-electron chi connectivity index (χ3n) is 4.07. The van der Waals surface area contributed by atoms with E-state index in [0.717, 1.165) is 52.2 Å². The molecule has 0 radical (unpaired) electrons. The van der Waals surface area contributed by atoms with Crippen molar-refractivity contribution in [2.45, 2.75) is 26.3 Å². The number of ether oxygens (including phenoxy) is 1. The highest BCUT2D eigenvalue weighted by atomic mass is 16.5. The Balaban J connectivity index is 1.69. The van der Waals surface area contributed by atoms with Crippen LogP contribution >= 0.6 is 0 Å². The molecule has 1 aromatic rings. The van der Waals surface area contributed by atoms with E-state index in [1.165, 1.54) is 5.56 Å². The summed E-state index contributed by atoms with van der Waals surface area (Å²) in [5.74, 6) is 0. The van der Waals surface area contributed by atoms with Gasteiger partial charge >= 0.3 is 6.03 Å². The van der Waals surface area contributed by atoms with Crippen LogP contribution in [0.25, 0.3) is 0 Å². The van der Waals surface area contributed by atoms with Gasteiger partial charge in [-0.2, -0.15) is 0 Å². The minimum absolute atomic E-state index is 0.0584. The van der Waals surface area contributed by atoms with Crippen molar-refractivity contribution < 1.29 is 9.53 Å². The number of urea groups is 1. The van der Waals surface area contributed by atoms with Crippen molar-refractivity contribution >= 4 is 6.03 Å². The normalized spacial score (nSPS) is 16.1. The fourth-order valence-electron chi connectivity index (χ4n) is 2.80. The Morgan fingerprint density at radius 1 is 1.17 bits per heavy atom. The van der Waals surface area contributed by atoms with Crippen molar-refractivity contribution in [2.75, 3.05) is 45.9 Å². The van der Waals surface area contributed by atoms with Gasteiger partial charge in [0.25, 0.3) is 0 Å². The van der Waals surface area contributed by atoms with Gasteiger partial charge in [0.05, 0.1) is 0 Å². The first kappa shape index (κ1) is 17.8. The summed E-state index contributed by atoms with van der Waals surface area (Å²) in [6.07, 6.45) is 1.90. The molecule has 5 heteroatoms. The molecule has 128 valence electrons. The number of rotatable bonds is 7. The number of carbonyl (C=O) groups is 1. The van der Waals surface area contributed by atoms with Gasteiger partial charge in [0.15, 0.2) is 0 Å². The SMILES string of the molecule is CCOCCCNC(=O)N1CCCN(Cc2ccccc2)CC1. The molecule has 1 N–H and O–H groups in total. The van der Waals surface area contributed by atoms with Gasteiger partial charge < -0.3 is 15.0 Å². The molecule has 2 amide bonds. The average molecular weight is 319 g/mol. The molecule has 1 saturated heterocycles. The van der Waals surface area contributed by atoms with Gasteiger partial charge in [0.2, 0.25) is 0 Å². The van der Waals surface area contributed by atoms with Crippen LogP contribution in [-0.2, 0) is 11.3 Å². The first-order valence-corrected chi connectivity index (χ1v) is 8.66. The zero-order valence-electron chi connectivity index (χ0n) is 14.2. The van der Waals surface area contributed by atoms with Crippen molar-refractivity contribution in [3.05, 3.63) is 35.9 Å². The standard InChI is InChI=1S/C18H29N3O2/c1-2-23-15-6-10-19-18(22)21-12-7-11-20(13-14-21)16-17-8-4-3-5-9-17/h3-5,8-9H,2,6-7,10-16H2,1H3,(H,19,22). The summed E-state index contributed by atoms with van der Waals surface area (Å²) in [7, 11) is 0. The van der Waals surface area contributed by atoms with Gasteiger partial charge in [-0.15, -0.1) is 0 Å². The molecule has 1 fully saturated rings. The third kappa shape index (κ3) is 6.59. The zero-order valence-corrected chi connectivity index (χ0v) is 14.2. The van der Waals surface area contributed by atoms with E-state index in [4.69, 9.17) is 4.74 Å². The van der Waals surface area contributed by atoms with Crippen molar-refractivity contribution in [3.8, 4) is 0 Å². The summed E-state index contributed by atoms with van der Waals surface area (Å²) < 4.78 is 5.28. The van der Waals surface area contributed by atoms with Gasteiger partial charge in [0.1, 0.15) is 0 Å².